The Labute approximate surface area is 167 Å². The van der Waals surface area contributed by atoms with Crippen LogP contribution in [0.25, 0.3) is 0 Å². The largest absolute Gasteiger partial charge is 0.482 e. The maximum absolute atomic E-state index is 12.1. The Kier molecular flexibility index (Phi) is 7.17. The second-order valence-corrected chi connectivity index (χ2v) is 7.40. The van der Waals surface area contributed by atoms with Crippen LogP contribution in [0.15, 0.2) is 18.2 Å². The van der Waals surface area contributed by atoms with Crippen molar-refractivity contribution in [3.8, 4) is 5.75 Å². The molecule has 2 rings (SSSR count). The van der Waals surface area contributed by atoms with Gasteiger partial charge in [-0.15, -0.1) is 11.3 Å². The van der Waals surface area contributed by atoms with Gasteiger partial charge in [0.25, 0.3) is 5.91 Å². The third kappa shape index (κ3) is 5.10. The van der Waals surface area contributed by atoms with E-state index in [1.807, 2.05) is 32.9 Å². The number of carbonyl (C=O) groups excluding carboxylic acids is 3. The predicted molar refractivity (Wildman–Crippen MR) is 106 cm³/mol. The first kappa shape index (κ1) is 21.4. The minimum atomic E-state index is -0.664. The Bertz CT molecular complexity index is 902. The fourth-order valence-corrected chi connectivity index (χ4v) is 3.50. The highest BCUT2D eigenvalue weighted by molar-refractivity contribution is 7.16. The zero-order valence-electron chi connectivity index (χ0n) is 16.5. The third-order valence-electron chi connectivity index (χ3n) is 4.29. The Morgan fingerprint density at radius 1 is 1.04 bits per heavy atom. The van der Waals surface area contributed by atoms with E-state index in [9.17, 15) is 14.4 Å². The second kappa shape index (κ2) is 9.36. The minimum absolute atomic E-state index is 0.303. The van der Waals surface area contributed by atoms with Crippen LogP contribution in [0.5, 0.6) is 5.75 Å². The summed E-state index contributed by atoms with van der Waals surface area (Å²) in [6, 6.07) is 5.54. The highest BCUT2D eigenvalue weighted by Gasteiger charge is 2.22. The number of carbonyl (C=O) groups is 3. The summed E-state index contributed by atoms with van der Waals surface area (Å²) in [7, 11) is 1.28. The van der Waals surface area contributed by atoms with E-state index in [2.05, 4.69) is 5.32 Å². The molecule has 7 nitrogen and oxygen atoms in total. The molecule has 1 amide bonds. The van der Waals surface area contributed by atoms with Crippen LogP contribution in [-0.4, -0.2) is 38.2 Å². The van der Waals surface area contributed by atoms with Crippen LogP contribution < -0.4 is 10.1 Å². The number of benzene rings is 1. The molecule has 1 aromatic carbocycles. The smallest absolute Gasteiger partial charge is 0.344 e. The molecule has 0 spiro atoms. The molecule has 0 aliphatic carbocycles. The molecule has 1 aromatic heterocycles. The first-order valence-electron chi connectivity index (χ1n) is 8.57. The van der Waals surface area contributed by atoms with Crippen molar-refractivity contribution < 1.29 is 28.6 Å². The van der Waals surface area contributed by atoms with Crippen LogP contribution in [0, 0.1) is 27.7 Å². The molecule has 150 valence electrons. The molecule has 0 aliphatic rings. The minimum Gasteiger partial charge on any atom is -0.482 e. The van der Waals surface area contributed by atoms with Gasteiger partial charge in [-0.2, -0.15) is 0 Å². The predicted octanol–water partition coefficient (Wildman–Crippen LogP) is 3.33. The van der Waals surface area contributed by atoms with Crippen molar-refractivity contribution in [3.63, 3.8) is 0 Å². The summed E-state index contributed by atoms with van der Waals surface area (Å²) >= 11 is 1.26. The summed E-state index contributed by atoms with van der Waals surface area (Å²) in [5.74, 6) is -1.15. The van der Waals surface area contributed by atoms with Crippen LogP contribution in [0.2, 0.25) is 0 Å². The number of hydrogen-bond acceptors (Lipinski definition) is 7. The normalized spacial score (nSPS) is 10.3. The van der Waals surface area contributed by atoms with Crippen LogP contribution in [0.3, 0.4) is 0 Å². The lowest BCUT2D eigenvalue weighted by Gasteiger charge is -2.11. The maximum Gasteiger partial charge on any atom is 0.344 e. The van der Waals surface area contributed by atoms with E-state index >= 15 is 0 Å². The van der Waals surface area contributed by atoms with Gasteiger partial charge in [-0.1, -0.05) is 12.1 Å². The van der Waals surface area contributed by atoms with Crippen molar-refractivity contribution >= 4 is 34.2 Å². The quantitative estimate of drug-likeness (QED) is 0.711. The summed E-state index contributed by atoms with van der Waals surface area (Å²) in [4.78, 5) is 36.8. The summed E-state index contributed by atoms with van der Waals surface area (Å²) in [5, 5.41) is 2.96. The van der Waals surface area contributed by atoms with Crippen molar-refractivity contribution in [2.75, 3.05) is 25.6 Å². The molecule has 1 heterocycles. The molecule has 0 aliphatic heterocycles. The van der Waals surface area contributed by atoms with E-state index in [-0.39, 0.29) is 6.61 Å². The Morgan fingerprint density at radius 3 is 2.43 bits per heavy atom. The summed E-state index contributed by atoms with van der Waals surface area (Å²) in [6.45, 7) is 6.67. The van der Waals surface area contributed by atoms with E-state index in [1.165, 1.54) is 18.4 Å². The summed E-state index contributed by atoms with van der Waals surface area (Å²) in [6.07, 6.45) is 0. The van der Waals surface area contributed by atoms with Gasteiger partial charge in [0.15, 0.2) is 13.2 Å². The second-order valence-electron chi connectivity index (χ2n) is 6.17. The number of thiophene rings is 1. The van der Waals surface area contributed by atoms with Gasteiger partial charge in [0.1, 0.15) is 10.8 Å². The molecule has 0 unspecified atom stereocenters. The van der Waals surface area contributed by atoms with Crippen LogP contribution >= 0.6 is 11.3 Å². The van der Waals surface area contributed by atoms with Crippen molar-refractivity contribution in [3.05, 3.63) is 45.3 Å². The molecule has 0 fully saturated rings. The van der Waals surface area contributed by atoms with Gasteiger partial charge in [-0.05, 0) is 50.5 Å². The van der Waals surface area contributed by atoms with Gasteiger partial charge in [0.05, 0.1) is 12.7 Å². The van der Waals surface area contributed by atoms with Crippen LogP contribution in [0.1, 0.15) is 31.9 Å². The number of methoxy groups -OCH3 is 1. The maximum atomic E-state index is 12.1. The van der Waals surface area contributed by atoms with E-state index in [0.717, 1.165) is 21.6 Å². The molecule has 0 saturated carbocycles. The first-order chi connectivity index (χ1) is 13.2. The van der Waals surface area contributed by atoms with Gasteiger partial charge in [0, 0.05) is 4.88 Å². The van der Waals surface area contributed by atoms with E-state index in [0.29, 0.717) is 16.3 Å². The number of nitrogens with one attached hydrogen (secondary N) is 1. The molecule has 0 radical (unpaired) electrons. The number of ether oxygens (including phenoxy) is 3. The molecule has 0 bridgehead atoms. The first-order valence-corrected chi connectivity index (χ1v) is 9.39. The summed E-state index contributed by atoms with van der Waals surface area (Å²) < 4.78 is 15.2. The molecule has 0 saturated heterocycles. The van der Waals surface area contributed by atoms with Gasteiger partial charge in [-0.25, -0.2) is 9.59 Å². The van der Waals surface area contributed by atoms with Crippen molar-refractivity contribution in [2.24, 2.45) is 0 Å². The zero-order valence-corrected chi connectivity index (χ0v) is 17.3. The Hall–Kier alpha value is -2.87. The number of anilines is 1. The highest BCUT2D eigenvalue weighted by Crippen LogP contribution is 2.32. The standard InChI is InChI=1S/C20H23NO6S/c1-11-7-6-8-15(12(11)2)26-10-17(23)27-9-16(22)21-19-18(20(24)25-5)13(3)14(4)28-19/h6-8H,9-10H2,1-5H3,(H,21,22). The highest BCUT2D eigenvalue weighted by atomic mass is 32.1. The van der Waals surface area contributed by atoms with Crippen molar-refractivity contribution in [2.45, 2.75) is 27.7 Å². The molecule has 1 N–H and O–H groups in total. The zero-order chi connectivity index (χ0) is 20.8. The fraction of sp³-hybridized carbons (Fsp3) is 0.350. The lowest BCUT2D eigenvalue weighted by molar-refractivity contribution is -0.149. The average molecular weight is 405 g/mol. The number of rotatable bonds is 7. The lowest BCUT2D eigenvalue weighted by Crippen LogP contribution is -2.24. The molecular weight excluding hydrogens is 382 g/mol. The molecule has 28 heavy (non-hydrogen) atoms. The van der Waals surface area contributed by atoms with E-state index < -0.39 is 24.5 Å². The van der Waals surface area contributed by atoms with Gasteiger partial charge >= 0.3 is 11.9 Å². The molecule has 2 aromatic rings. The third-order valence-corrected chi connectivity index (χ3v) is 5.42. The monoisotopic (exact) mass is 405 g/mol. The van der Waals surface area contributed by atoms with Crippen molar-refractivity contribution in [1.82, 2.24) is 0 Å². The number of esters is 2. The average Bonchev–Trinajstić information content (AvgIpc) is 2.94. The Balaban J connectivity index is 1.89. The number of aryl methyl sites for hydroxylation is 2. The van der Waals surface area contributed by atoms with E-state index in [4.69, 9.17) is 14.2 Å². The topological polar surface area (TPSA) is 90.9 Å². The van der Waals surface area contributed by atoms with Crippen LogP contribution in [-0.2, 0) is 19.1 Å². The van der Waals surface area contributed by atoms with Gasteiger partial charge < -0.3 is 19.5 Å². The van der Waals surface area contributed by atoms with Gasteiger partial charge in [-0.3, -0.25) is 4.79 Å². The number of amides is 1. The van der Waals surface area contributed by atoms with E-state index in [1.54, 1.807) is 13.0 Å². The molecule has 8 heteroatoms. The lowest BCUT2D eigenvalue weighted by atomic mass is 10.1. The number of hydrogen-bond donors (Lipinski definition) is 1. The van der Waals surface area contributed by atoms with Gasteiger partial charge in [0.2, 0.25) is 0 Å². The van der Waals surface area contributed by atoms with Crippen molar-refractivity contribution in [1.29, 1.82) is 0 Å². The fourth-order valence-electron chi connectivity index (χ4n) is 2.43. The Morgan fingerprint density at radius 2 is 1.75 bits per heavy atom. The van der Waals surface area contributed by atoms with Crippen LogP contribution in [0.4, 0.5) is 5.00 Å². The molecular formula is C20H23NO6S. The summed E-state index contributed by atoms with van der Waals surface area (Å²) in [5.41, 5.74) is 3.04. The molecule has 0 atom stereocenters. The SMILES string of the molecule is COC(=O)c1c(NC(=O)COC(=O)COc2cccc(C)c2C)sc(C)c1C.